The van der Waals surface area contributed by atoms with Gasteiger partial charge in [-0.1, -0.05) is 24.3 Å². The highest BCUT2D eigenvalue weighted by Crippen LogP contribution is 2.31. The quantitative estimate of drug-likeness (QED) is 0.762. The van der Waals surface area contributed by atoms with E-state index < -0.39 is 5.60 Å². The van der Waals surface area contributed by atoms with Crippen LogP contribution in [0.15, 0.2) is 36.4 Å². The van der Waals surface area contributed by atoms with Crippen LogP contribution in [0.5, 0.6) is 0 Å². The number of nitrogens with one attached hydrogen (secondary N) is 1. The van der Waals surface area contributed by atoms with E-state index in [9.17, 15) is 5.11 Å². The minimum absolute atomic E-state index is 0.814. The van der Waals surface area contributed by atoms with Crippen molar-refractivity contribution in [3.8, 4) is 11.3 Å². The Morgan fingerprint density at radius 2 is 1.91 bits per heavy atom. The lowest BCUT2D eigenvalue weighted by molar-refractivity contribution is 0.0786. The van der Waals surface area contributed by atoms with E-state index in [1.54, 1.807) is 13.8 Å². The number of hydrogen-bond donors (Lipinski definition) is 2. The van der Waals surface area contributed by atoms with E-state index in [4.69, 9.17) is 4.98 Å². The molecule has 0 saturated heterocycles. The van der Waals surface area contributed by atoms with E-state index in [-0.39, 0.29) is 0 Å². The van der Waals surface area contributed by atoms with Crippen molar-refractivity contribution in [3.63, 3.8) is 0 Å². The zero-order chi connectivity index (χ0) is 16.2. The number of aromatic amines is 1. The molecule has 0 atom stereocenters. The Balaban J connectivity index is 1.75. The van der Waals surface area contributed by atoms with Gasteiger partial charge in [0.1, 0.15) is 5.65 Å². The molecule has 1 aromatic carbocycles. The van der Waals surface area contributed by atoms with Gasteiger partial charge in [0, 0.05) is 31.1 Å². The van der Waals surface area contributed by atoms with Gasteiger partial charge in [-0.15, -0.1) is 0 Å². The van der Waals surface area contributed by atoms with E-state index >= 15 is 0 Å². The second-order valence-electron chi connectivity index (χ2n) is 6.88. The Morgan fingerprint density at radius 1 is 1.17 bits per heavy atom. The Hall–Kier alpha value is -2.33. The molecular formula is C19H21N3O. The van der Waals surface area contributed by atoms with Crippen molar-refractivity contribution in [1.82, 2.24) is 9.97 Å². The number of hydrogen-bond acceptors (Lipinski definition) is 3. The molecule has 23 heavy (non-hydrogen) atoms. The number of benzene rings is 1. The van der Waals surface area contributed by atoms with Gasteiger partial charge in [-0.2, -0.15) is 0 Å². The van der Waals surface area contributed by atoms with E-state index in [2.05, 4.69) is 29.1 Å². The van der Waals surface area contributed by atoms with E-state index in [1.165, 1.54) is 11.4 Å². The fourth-order valence-electron chi connectivity index (χ4n) is 3.21. The number of fused-ring (bicyclic) bond motifs is 2. The van der Waals surface area contributed by atoms with E-state index in [0.29, 0.717) is 0 Å². The van der Waals surface area contributed by atoms with Gasteiger partial charge >= 0.3 is 0 Å². The molecule has 0 saturated carbocycles. The number of aliphatic hydroxyl groups is 1. The maximum atomic E-state index is 10.1. The van der Waals surface area contributed by atoms with Gasteiger partial charge in [0.2, 0.25) is 0 Å². The standard InChI is InChI=1S/C19H21N3O/c1-19(2,23)14-6-4-12(5-7-14)16-10-13-11-17-15(8-9-22(17)3)20-18(13)21-16/h4-7,10-11,23H,8-9H2,1-3H3,(H,20,21). The van der Waals surface area contributed by atoms with Crippen molar-refractivity contribution in [3.05, 3.63) is 47.7 Å². The maximum Gasteiger partial charge on any atom is 0.138 e. The van der Waals surface area contributed by atoms with Crippen molar-refractivity contribution >= 4 is 16.7 Å². The molecule has 4 heteroatoms. The van der Waals surface area contributed by atoms with Crippen LogP contribution in [0.4, 0.5) is 5.69 Å². The molecule has 1 aliphatic rings. The highest BCUT2D eigenvalue weighted by Gasteiger charge is 2.19. The lowest BCUT2D eigenvalue weighted by Gasteiger charge is -2.17. The van der Waals surface area contributed by atoms with Crippen LogP contribution in [-0.2, 0) is 12.0 Å². The first-order valence-electron chi connectivity index (χ1n) is 7.99. The first-order chi connectivity index (χ1) is 10.9. The number of pyridine rings is 1. The summed E-state index contributed by atoms with van der Waals surface area (Å²) in [6, 6.07) is 12.4. The number of anilines is 1. The second-order valence-corrected chi connectivity index (χ2v) is 6.88. The second kappa shape index (κ2) is 4.83. The molecule has 0 unspecified atom stereocenters. The SMILES string of the molecule is CN1CCc2nc3[nH]c(-c4ccc(C(C)(C)O)cc4)cc3cc21. The van der Waals surface area contributed by atoms with Gasteiger partial charge in [-0.05, 0) is 37.1 Å². The zero-order valence-electron chi connectivity index (χ0n) is 13.7. The molecule has 0 radical (unpaired) electrons. The summed E-state index contributed by atoms with van der Waals surface area (Å²) in [6.45, 7) is 4.64. The van der Waals surface area contributed by atoms with Crippen molar-refractivity contribution in [2.75, 3.05) is 18.5 Å². The monoisotopic (exact) mass is 307 g/mol. The van der Waals surface area contributed by atoms with Crippen LogP contribution in [0.1, 0.15) is 25.1 Å². The summed E-state index contributed by atoms with van der Waals surface area (Å²) in [5, 5.41) is 11.2. The van der Waals surface area contributed by atoms with Gasteiger partial charge in [0.05, 0.1) is 17.0 Å². The van der Waals surface area contributed by atoms with Gasteiger partial charge < -0.3 is 15.0 Å². The smallest absolute Gasteiger partial charge is 0.138 e. The molecule has 0 spiro atoms. The van der Waals surface area contributed by atoms with Crippen LogP contribution < -0.4 is 4.90 Å². The highest BCUT2D eigenvalue weighted by atomic mass is 16.3. The topological polar surface area (TPSA) is 52.2 Å². The Labute approximate surface area is 135 Å². The Morgan fingerprint density at radius 3 is 2.61 bits per heavy atom. The molecule has 4 rings (SSSR count). The molecule has 0 fully saturated rings. The minimum atomic E-state index is -0.814. The molecule has 3 aromatic rings. The number of H-pyrrole nitrogens is 1. The average molecular weight is 307 g/mol. The molecule has 0 bridgehead atoms. The molecule has 3 heterocycles. The van der Waals surface area contributed by atoms with Gasteiger partial charge in [-0.3, -0.25) is 0 Å². The van der Waals surface area contributed by atoms with Crippen LogP contribution in [0.25, 0.3) is 22.3 Å². The summed E-state index contributed by atoms with van der Waals surface area (Å²) >= 11 is 0. The molecular weight excluding hydrogens is 286 g/mol. The number of nitrogens with zero attached hydrogens (tertiary/aromatic N) is 2. The van der Waals surface area contributed by atoms with Crippen LogP contribution >= 0.6 is 0 Å². The maximum absolute atomic E-state index is 10.1. The van der Waals surface area contributed by atoms with Gasteiger partial charge in [-0.25, -0.2) is 4.98 Å². The number of likely N-dealkylation sites (N-methyl/N-ethyl adjacent to an activating group) is 1. The molecule has 2 N–H and O–H groups in total. The van der Waals surface area contributed by atoms with Crippen LogP contribution in [0, 0.1) is 0 Å². The Bertz CT molecular complexity index is 872. The lowest BCUT2D eigenvalue weighted by Crippen LogP contribution is -2.14. The number of aromatic nitrogens is 2. The first kappa shape index (κ1) is 14.3. The van der Waals surface area contributed by atoms with Crippen molar-refractivity contribution in [2.45, 2.75) is 25.9 Å². The fourth-order valence-corrected chi connectivity index (χ4v) is 3.21. The fraction of sp³-hybridized carbons (Fsp3) is 0.316. The molecule has 1 aliphatic heterocycles. The summed E-state index contributed by atoms with van der Waals surface area (Å²) in [5.41, 5.74) is 5.61. The third kappa shape index (κ3) is 2.39. The van der Waals surface area contributed by atoms with Gasteiger partial charge in [0.15, 0.2) is 0 Å². The van der Waals surface area contributed by atoms with Crippen LogP contribution in [-0.4, -0.2) is 28.7 Å². The predicted molar refractivity (Wildman–Crippen MR) is 93.7 cm³/mol. The van der Waals surface area contributed by atoms with Crippen LogP contribution in [0.2, 0.25) is 0 Å². The third-order valence-electron chi connectivity index (χ3n) is 4.66. The summed E-state index contributed by atoms with van der Waals surface area (Å²) < 4.78 is 0. The summed E-state index contributed by atoms with van der Waals surface area (Å²) in [5.74, 6) is 0. The highest BCUT2D eigenvalue weighted by molar-refractivity contribution is 5.86. The van der Waals surface area contributed by atoms with Crippen molar-refractivity contribution in [1.29, 1.82) is 0 Å². The van der Waals surface area contributed by atoms with Crippen molar-refractivity contribution in [2.24, 2.45) is 0 Å². The lowest BCUT2D eigenvalue weighted by atomic mass is 9.97. The average Bonchev–Trinajstić information content (AvgIpc) is 3.08. The van der Waals surface area contributed by atoms with E-state index in [1.807, 2.05) is 24.3 Å². The molecule has 4 nitrogen and oxygen atoms in total. The van der Waals surface area contributed by atoms with Crippen LogP contribution in [0.3, 0.4) is 0 Å². The third-order valence-corrected chi connectivity index (χ3v) is 4.66. The molecule has 2 aromatic heterocycles. The normalized spacial score (nSPS) is 14.5. The summed E-state index contributed by atoms with van der Waals surface area (Å²) in [4.78, 5) is 10.5. The van der Waals surface area contributed by atoms with E-state index in [0.717, 1.165) is 40.8 Å². The first-order valence-corrected chi connectivity index (χ1v) is 7.99. The largest absolute Gasteiger partial charge is 0.386 e. The molecule has 0 aliphatic carbocycles. The minimum Gasteiger partial charge on any atom is -0.386 e. The summed E-state index contributed by atoms with van der Waals surface area (Å²) in [6.07, 6.45) is 1.01. The number of rotatable bonds is 2. The van der Waals surface area contributed by atoms with Gasteiger partial charge in [0.25, 0.3) is 0 Å². The Kier molecular flexibility index (Phi) is 3.00. The molecule has 0 amide bonds. The van der Waals surface area contributed by atoms with Crippen molar-refractivity contribution < 1.29 is 5.11 Å². The molecule has 118 valence electrons. The summed E-state index contributed by atoms with van der Waals surface area (Å²) in [7, 11) is 2.11. The predicted octanol–water partition coefficient (Wildman–Crippen LogP) is 3.45. The zero-order valence-corrected chi connectivity index (χ0v) is 13.7.